The van der Waals surface area contributed by atoms with Crippen molar-refractivity contribution in [2.45, 2.75) is 13.1 Å². The molecule has 2 rings (SSSR count). The van der Waals surface area contributed by atoms with Gasteiger partial charge in [-0.25, -0.2) is 4.79 Å². The van der Waals surface area contributed by atoms with Crippen molar-refractivity contribution in [3.8, 4) is 0 Å². The molecule has 0 unspecified atom stereocenters. The first-order chi connectivity index (χ1) is 11.7. The lowest BCUT2D eigenvalue weighted by atomic mass is 10.1. The molecule has 0 saturated heterocycles. The molecule has 2 aromatic carbocycles. The molecular weight excluding hydrogens is 403 g/mol. The second kappa shape index (κ2) is 7.69. The Kier molecular flexibility index (Phi) is 5.84. The molecule has 0 saturated carbocycles. The summed E-state index contributed by atoms with van der Waals surface area (Å²) in [6, 6.07) is 8.85. The van der Waals surface area contributed by atoms with E-state index >= 15 is 0 Å². The molecule has 0 atom stereocenters. The summed E-state index contributed by atoms with van der Waals surface area (Å²) in [5, 5.41) is 2.56. The second-order valence-corrected chi connectivity index (χ2v) is 6.04. The number of esters is 1. The Labute approximate surface area is 150 Å². The van der Waals surface area contributed by atoms with Crippen LogP contribution in [0, 0.1) is 6.92 Å². The third-order valence-corrected chi connectivity index (χ3v) is 3.84. The molecule has 132 valence electrons. The van der Waals surface area contributed by atoms with Gasteiger partial charge >= 0.3 is 12.1 Å². The molecule has 25 heavy (non-hydrogen) atoms. The zero-order chi connectivity index (χ0) is 18.6. The molecule has 0 fully saturated rings. The molecule has 2 aromatic rings. The summed E-state index contributed by atoms with van der Waals surface area (Å²) in [7, 11) is 0. The minimum atomic E-state index is -4.48. The Morgan fingerprint density at radius 2 is 1.76 bits per heavy atom. The third kappa shape index (κ3) is 5.32. The zero-order valence-corrected chi connectivity index (χ0v) is 14.6. The number of hydrogen-bond donors (Lipinski definition) is 1. The van der Waals surface area contributed by atoms with Crippen LogP contribution < -0.4 is 5.32 Å². The van der Waals surface area contributed by atoms with Gasteiger partial charge in [-0.15, -0.1) is 0 Å². The molecule has 0 heterocycles. The first kappa shape index (κ1) is 19.0. The molecular formula is C17H13BrF3NO3. The number of anilines is 1. The number of ether oxygens (including phenoxy) is 1. The molecule has 0 aliphatic rings. The van der Waals surface area contributed by atoms with E-state index in [9.17, 15) is 22.8 Å². The lowest BCUT2D eigenvalue weighted by Gasteiger charge is -2.09. The summed E-state index contributed by atoms with van der Waals surface area (Å²) in [6.07, 6.45) is -4.48. The van der Waals surface area contributed by atoms with Crippen LogP contribution in [0.25, 0.3) is 0 Å². The summed E-state index contributed by atoms with van der Waals surface area (Å²) in [5.74, 6) is -1.45. The first-order valence-electron chi connectivity index (χ1n) is 7.07. The minimum absolute atomic E-state index is 0.0719. The Balaban J connectivity index is 1.92. The SMILES string of the molecule is Cc1ccc(NC(=O)COC(=O)c2ccc(C(F)(F)F)cc2)c(Br)c1. The molecule has 1 amide bonds. The highest BCUT2D eigenvalue weighted by atomic mass is 79.9. The van der Waals surface area contributed by atoms with Gasteiger partial charge in [-0.05, 0) is 64.8 Å². The van der Waals surface area contributed by atoms with Crippen LogP contribution in [-0.4, -0.2) is 18.5 Å². The Hall–Kier alpha value is -2.35. The van der Waals surface area contributed by atoms with E-state index in [1.807, 2.05) is 13.0 Å². The lowest BCUT2D eigenvalue weighted by Crippen LogP contribution is -2.21. The van der Waals surface area contributed by atoms with Crippen molar-refractivity contribution in [2.24, 2.45) is 0 Å². The smallest absolute Gasteiger partial charge is 0.416 e. The van der Waals surface area contributed by atoms with Crippen LogP contribution in [0.2, 0.25) is 0 Å². The van der Waals surface area contributed by atoms with Gasteiger partial charge in [0.1, 0.15) is 0 Å². The number of carbonyl (C=O) groups excluding carboxylic acids is 2. The van der Waals surface area contributed by atoms with Crippen LogP contribution in [0.5, 0.6) is 0 Å². The highest BCUT2D eigenvalue weighted by Gasteiger charge is 2.30. The van der Waals surface area contributed by atoms with Crippen molar-refractivity contribution in [2.75, 3.05) is 11.9 Å². The molecule has 0 aromatic heterocycles. The number of amides is 1. The fourth-order valence-corrected chi connectivity index (χ4v) is 2.51. The molecule has 4 nitrogen and oxygen atoms in total. The summed E-state index contributed by atoms with van der Waals surface area (Å²) in [4.78, 5) is 23.6. The van der Waals surface area contributed by atoms with Gasteiger partial charge in [-0.1, -0.05) is 6.07 Å². The number of carbonyl (C=O) groups is 2. The van der Waals surface area contributed by atoms with Crippen LogP contribution >= 0.6 is 15.9 Å². The fourth-order valence-electron chi connectivity index (χ4n) is 1.92. The van der Waals surface area contributed by atoms with Crippen molar-refractivity contribution >= 4 is 33.5 Å². The highest BCUT2D eigenvalue weighted by Crippen LogP contribution is 2.29. The maximum absolute atomic E-state index is 12.5. The predicted octanol–water partition coefficient (Wildman–Crippen LogP) is 4.57. The number of hydrogen-bond acceptors (Lipinski definition) is 3. The van der Waals surface area contributed by atoms with E-state index in [0.717, 1.165) is 29.8 Å². The third-order valence-electron chi connectivity index (χ3n) is 3.18. The number of alkyl halides is 3. The first-order valence-corrected chi connectivity index (χ1v) is 7.86. The zero-order valence-electron chi connectivity index (χ0n) is 13.0. The van der Waals surface area contributed by atoms with Crippen molar-refractivity contribution in [3.05, 3.63) is 63.6 Å². The summed E-state index contributed by atoms with van der Waals surface area (Å²) < 4.78 is 42.9. The van der Waals surface area contributed by atoms with Gasteiger partial charge in [0.2, 0.25) is 0 Å². The van der Waals surface area contributed by atoms with Crippen molar-refractivity contribution in [1.29, 1.82) is 0 Å². The van der Waals surface area contributed by atoms with E-state index in [0.29, 0.717) is 10.2 Å². The lowest BCUT2D eigenvalue weighted by molar-refractivity contribution is -0.137. The van der Waals surface area contributed by atoms with E-state index in [2.05, 4.69) is 21.2 Å². The molecule has 0 spiro atoms. The second-order valence-electron chi connectivity index (χ2n) is 5.18. The number of benzene rings is 2. The van der Waals surface area contributed by atoms with Gasteiger partial charge in [0, 0.05) is 4.47 Å². The molecule has 0 aliphatic carbocycles. The molecule has 1 N–H and O–H groups in total. The van der Waals surface area contributed by atoms with Crippen molar-refractivity contribution in [3.63, 3.8) is 0 Å². The van der Waals surface area contributed by atoms with Crippen LogP contribution in [0.4, 0.5) is 18.9 Å². The number of nitrogens with one attached hydrogen (secondary N) is 1. The maximum atomic E-state index is 12.5. The summed E-state index contributed by atoms with van der Waals surface area (Å²) in [5.41, 5.74) is 0.572. The average Bonchev–Trinajstić information content (AvgIpc) is 2.54. The van der Waals surface area contributed by atoms with Crippen molar-refractivity contribution < 1.29 is 27.5 Å². The van der Waals surface area contributed by atoms with Gasteiger partial charge < -0.3 is 10.1 Å². The topological polar surface area (TPSA) is 55.4 Å². The van der Waals surface area contributed by atoms with E-state index in [1.165, 1.54) is 0 Å². The number of halogens is 4. The monoisotopic (exact) mass is 415 g/mol. The normalized spacial score (nSPS) is 11.1. The van der Waals surface area contributed by atoms with Gasteiger partial charge in [0.05, 0.1) is 16.8 Å². The number of aryl methyl sites for hydroxylation is 1. The predicted molar refractivity (Wildman–Crippen MR) is 89.2 cm³/mol. The van der Waals surface area contributed by atoms with Gasteiger partial charge in [0.15, 0.2) is 6.61 Å². The molecule has 8 heteroatoms. The fraction of sp³-hybridized carbons (Fsp3) is 0.176. The van der Waals surface area contributed by atoms with E-state index in [1.54, 1.807) is 12.1 Å². The van der Waals surface area contributed by atoms with Gasteiger partial charge in [-0.2, -0.15) is 13.2 Å². The molecule has 0 radical (unpaired) electrons. The van der Waals surface area contributed by atoms with E-state index < -0.39 is 30.2 Å². The van der Waals surface area contributed by atoms with E-state index in [4.69, 9.17) is 4.74 Å². The Morgan fingerprint density at radius 3 is 2.32 bits per heavy atom. The van der Waals surface area contributed by atoms with Crippen LogP contribution in [-0.2, 0) is 15.7 Å². The van der Waals surface area contributed by atoms with Crippen molar-refractivity contribution in [1.82, 2.24) is 0 Å². The Morgan fingerprint density at radius 1 is 1.12 bits per heavy atom. The Bertz CT molecular complexity index is 789. The number of rotatable bonds is 4. The van der Waals surface area contributed by atoms with Crippen LogP contribution in [0.15, 0.2) is 46.9 Å². The van der Waals surface area contributed by atoms with Gasteiger partial charge in [0.25, 0.3) is 5.91 Å². The summed E-state index contributed by atoms with van der Waals surface area (Å²) >= 11 is 3.30. The largest absolute Gasteiger partial charge is 0.452 e. The highest BCUT2D eigenvalue weighted by molar-refractivity contribution is 9.10. The maximum Gasteiger partial charge on any atom is 0.416 e. The molecule has 0 aliphatic heterocycles. The molecule has 0 bridgehead atoms. The minimum Gasteiger partial charge on any atom is -0.452 e. The van der Waals surface area contributed by atoms with Crippen LogP contribution in [0.1, 0.15) is 21.5 Å². The van der Waals surface area contributed by atoms with Gasteiger partial charge in [-0.3, -0.25) is 4.79 Å². The standard InChI is InChI=1S/C17H13BrF3NO3/c1-10-2-7-14(13(18)8-10)22-15(23)9-25-16(24)11-3-5-12(6-4-11)17(19,20)21/h2-8H,9H2,1H3,(H,22,23). The van der Waals surface area contributed by atoms with Crippen LogP contribution in [0.3, 0.4) is 0 Å². The van der Waals surface area contributed by atoms with E-state index in [-0.39, 0.29) is 5.56 Å². The summed E-state index contributed by atoms with van der Waals surface area (Å²) in [6.45, 7) is 1.34. The average molecular weight is 416 g/mol. The quantitative estimate of drug-likeness (QED) is 0.743.